The van der Waals surface area contributed by atoms with Crippen LogP contribution in [-0.4, -0.2) is 48.8 Å². The van der Waals surface area contributed by atoms with Crippen molar-refractivity contribution in [3.05, 3.63) is 28.4 Å². The number of halogens is 1. The molecule has 21 heavy (non-hydrogen) atoms. The molecule has 0 aliphatic carbocycles. The Morgan fingerprint density at radius 3 is 2.67 bits per heavy atom. The maximum Gasteiger partial charge on any atom is 0.287 e. The Morgan fingerprint density at radius 1 is 1.48 bits per heavy atom. The van der Waals surface area contributed by atoms with Crippen molar-refractivity contribution >= 4 is 28.1 Å². The second kappa shape index (κ2) is 7.12. The molecule has 2 rings (SSSR count). The standard InChI is InChI=1S/C11H16N4O4S.ClH/c1-14(9-3-2-6-12-7-9)20(18,19)11-5-4-10(8-13-11)15(16)17;/h4-5,8-9,12H,2-3,6-7H2,1H3;1H. The molecule has 0 saturated carbocycles. The second-order valence-corrected chi connectivity index (χ2v) is 6.58. The van der Waals surface area contributed by atoms with Crippen molar-refractivity contribution in [3.63, 3.8) is 0 Å². The summed E-state index contributed by atoms with van der Waals surface area (Å²) in [6, 6.07) is 2.19. The summed E-state index contributed by atoms with van der Waals surface area (Å²) in [6.07, 6.45) is 2.66. The van der Waals surface area contributed by atoms with Crippen LogP contribution in [0.1, 0.15) is 12.8 Å². The normalized spacial score (nSPS) is 19.0. The van der Waals surface area contributed by atoms with Crippen molar-refractivity contribution in [1.82, 2.24) is 14.6 Å². The molecule has 0 radical (unpaired) electrons. The van der Waals surface area contributed by atoms with E-state index in [9.17, 15) is 18.5 Å². The number of hydrogen-bond acceptors (Lipinski definition) is 6. The van der Waals surface area contributed by atoms with Gasteiger partial charge in [-0.2, -0.15) is 4.31 Å². The van der Waals surface area contributed by atoms with Crippen LogP contribution >= 0.6 is 12.4 Å². The van der Waals surface area contributed by atoms with Crippen LogP contribution < -0.4 is 5.32 Å². The molecule has 1 aliphatic heterocycles. The highest BCUT2D eigenvalue weighted by atomic mass is 35.5. The van der Waals surface area contributed by atoms with E-state index < -0.39 is 14.9 Å². The number of hydrogen-bond donors (Lipinski definition) is 1. The average Bonchev–Trinajstić information content (AvgIpc) is 2.47. The van der Waals surface area contributed by atoms with E-state index in [1.54, 1.807) is 0 Å². The van der Waals surface area contributed by atoms with Gasteiger partial charge in [0.15, 0.2) is 5.03 Å². The number of pyridine rings is 1. The molecule has 1 unspecified atom stereocenters. The molecule has 8 nitrogen and oxygen atoms in total. The molecule has 1 N–H and O–H groups in total. The number of rotatable bonds is 4. The lowest BCUT2D eigenvalue weighted by Crippen LogP contribution is -2.46. The Kier molecular flexibility index (Phi) is 6.02. The second-order valence-electron chi connectivity index (χ2n) is 4.63. The first-order valence-corrected chi connectivity index (χ1v) is 7.66. The Morgan fingerprint density at radius 2 is 2.19 bits per heavy atom. The van der Waals surface area contributed by atoms with Crippen LogP contribution in [0.2, 0.25) is 0 Å². The molecule has 1 atom stereocenters. The summed E-state index contributed by atoms with van der Waals surface area (Å²) in [5.41, 5.74) is -0.231. The highest BCUT2D eigenvalue weighted by Crippen LogP contribution is 2.19. The van der Waals surface area contributed by atoms with E-state index in [2.05, 4.69) is 10.3 Å². The summed E-state index contributed by atoms with van der Waals surface area (Å²) in [5, 5.41) is 13.5. The predicted octanol–water partition coefficient (Wildman–Crippen LogP) is 0.784. The Balaban J connectivity index is 0.00000220. The van der Waals surface area contributed by atoms with Crippen molar-refractivity contribution in [1.29, 1.82) is 0 Å². The van der Waals surface area contributed by atoms with E-state index in [1.165, 1.54) is 17.4 Å². The molecule has 1 saturated heterocycles. The summed E-state index contributed by atoms with van der Waals surface area (Å²) in [4.78, 5) is 13.6. The van der Waals surface area contributed by atoms with Crippen LogP contribution in [0, 0.1) is 10.1 Å². The number of nitro groups is 1. The molecule has 1 aromatic rings. The Hall–Kier alpha value is -1.29. The van der Waals surface area contributed by atoms with E-state index in [0.717, 1.165) is 31.6 Å². The fourth-order valence-electron chi connectivity index (χ4n) is 2.12. The first kappa shape index (κ1) is 17.8. The third-order valence-electron chi connectivity index (χ3n) is 3.36. The molecule has 10 heteroatoms. The lowest BCUT2D eigenvalue weighted by atomic mass is 10.1. The van der Waals surface area contributed by atoms with Gasteiger partial charge in [-0.1, -0.05) is 0 Å². The van der Waals surface area contributed by atoms with Crippen molar-refractivity contribution in [3.8, 4) is 0 Å². The third kappa shape index (κ3) is 3.88. The Bertz CT molecular complexity index is 587. The molecule has 0 amide bonds. The largest absolute Gasteiger partial charge is 0.315 e. The maximum absolute atomic E-state index is 12.4. The topological polar surface area (TPSA) is 105 Å². The minimum absolute atomic E-state index is 0. The van der Waals surface area contributed by atoms with Gasteiger partial charge in [0, 0.05) is 25.7 Å². The molecule has 1 aliphatic rings. The predicted molar refractivity (Wildman–Crippen MR) is 79.0 cm³/mol. The van der Waals surface area contributed by atoms with Gasteiger partial charge >= 0.3 is 0 Å². The monoisotopic (exact) mass is 336 g/mol. The van der Waals surface area contributed by atoms with Gasteiger partial charge in [-0.05, 0) is 25.5 Å². The van der Waals surface area contributed by atoms with Gasteiger partial charge in [0.1, 0.15) is 6.20 Å². The molecule has 0 spiro atoms. The van der Waals surface area contributed by atoms with E-state index in [1.807, 2.05) is 0 Å². The van der Waals surface area contributed by atoms with Crippen molar-refractivity contribution in [2.75, 3.05) is 20.1 Å². The highest BCUT2D eigenvalue weighted by molar-refractivity contribution is 7.89. The van der Waals surface area contributed by atoms with Crippen LogP contribution in [0.4, 0.5) is 5.69 Å². The van der Waals surface area contributed by atoms with Gasteiger partial charge in [0.05, 0.1) is 4.92 Å². The number of piperidine rings is 1. The molecular weight excluding hydrogens is 320 g/mol. The summed E-state index contributed by atoms with van der Waals surface area (Å²) in [7, 11) is -2.21. The van der Waals surface area contributed by atoms with Crippen LogP contribution in [0.15, 0.2) is 23.4 Å². The zero-order valence-corrected chi connectivity index (χ0v) is 13.1. The lowest BCUT2D eigenvalue weighted by Gasteiger charge is -2.30. The summed E-state index contributed by atoms with van der Waals surface area (Å²) in [5.74, 6) is 0. The first-order valence-electron chi connectivity index (χ1n) is 6.22. The molecule has 118 valence electrons. The van der Waals surface area contributed by atoms with Crippen LogP contribution in [0.5, 0.6) is 0 Å². The van der Waals surface area contributed by atoms with Gasteiger partial charge in [-0.25, -0.2) is 13.4 Å². The van der Waals surface area contributed by atoms with Crippen molar-refractivity contribution < 1.29 is 13.3 Å². The summed E-state index contributed by atoms with van der Waals surface area (Å²) in [6.45, 7) is 1.49. The number of nitrogens with one attached hydrogen (secondary N) is 1. The minimum Gasteiger partial charge on any atom is -0.315 e. The first-order chi connectivity index (χ1) is 9.43. The number of aromatic nitrogens is 1. The van der Waals surface area contributed by atoms with Crippen LogP contribution in [0.3, 0.4) is 0 Å². The summed E-state index contributed by atoms with van der Waals surface area (Å²) < 4.78 is 26.0. The number of likely N-dealkylation sites (N-methyl/N-ethyl adjacent to an activating group) is 1. The highest BCUT2D eigenvalue weighted by Gasteiger charge is 2.30. The van der Waals surface area contributed by atoms with Crippen LogP contribution in [0.25, 0.3) is 0 Å². The SMILES string of the molecule is CN(C1CCCNC1)S(=O)(=O)c1ccc([N+](=O)[O-])cn1.Cl. The van der Waals surface area contributed by atoms with Crippen LogP contribution in [-0.2, 0) is 10.0 Å². The van der Waals surface area contributed by atoms with Crippen molar-refractivity contribution in [2.24, 2.45) is 0 Å². The Labute approximate surface area is 129 Å². The fourth-order valence-corrected chi connectivity index (χ4v) is 3.41. The van der Waals surface area contributed by atoms with Gasteiger partial charge in [-0.15, -0.1) is 12.4 Å². The summed E-state index contributed by atoms with van der Waals surface area (Å²) >= 11 is 0. The lowest BCUT2D eigenvalue weighted by molar-refractivity contribution is -0.385. The molecule has 1 aromatic heterocycles. The zero-order valence-electron chi connectivity index (χ0n) is 11.4. The fraction of sp³-hybridized carbons (Fsp3) is 0.545. The molecule has 0 bridgehead atoms. The molecular formula is C11H17ClN4O4S. The van der Waals surface area contributed by atoms with Gasteiger partial charge in [0.2, 0.25) is 0 Å². The van der Waals surface area contributed by atoms with Gasteiger partial charge in [0.25, 0.3) is 15.7 Å². The smallest absolute Gasteiger partial charge is 0.287 e. The maximum atomic E-state index is 12.4. The van der Waals surface area contributed by atoms with Gasteiger partial charge < -0.3 is 5.32 Å². The molecule has 2 heterocycles. The molecule has 1 fully saturated rings. The number of sulfonamides is 1. The van der Waals surface area contributed by atoms with Crippen molar-refractivity contribution in [2.45, 2.75) is 23.9 Å². The minimum atomic E-state index is -3.72. The average molecular weight is 337 g/mol. The molecule has 0 aromatic carbocycles. The zero-order chi connectivity index (χ0) is 14.8. The van der Waals surface area contributed by atoms with E-state index in [-0.39, 0.29) is 29.2 Å². The quantitative estimate of drug-likeness (QED) is 0.643. The number of nitrogens with zero attached hydrogens (tertiary/aromatic N) is 3. The van der Waals surface area contributed by atoms with E-state index >= 15 is 0 Å². The third-order valence-corrected chi connectivity index (χ3v) is 5.19. The van der Waals surface area contributed by atoms with E-state index in [4.69, 9.17) is 0 Å². The van der Waals surface area contributed by atoms with Gasteiger partial charge in [-0.3, -0.25) is 10.1 Å². The van der Waals surface area contributed by atoms with E-state index in [0.29, 0.717) is 6.54 Å².